The minimum absolute atomic E-state index is 0.169. The number of esters is 1. The molecule has 6 nitrogen and oxygen atoms in total. The Morgan fingerprint density at radius 2 is 1.83 bits per heavy atom. The molecule has 2 heterocycles. The third kappa shape index (κ3) is 3.47. The van der Waals surface area contributed by atoms with Crippen molar-refractivity contribution in [2.45, 2.75) is 13.3 Å². The van der Waals surface area contributed by atoms with Crippen molar-refractivity contribution < 1.29 is 23.1 Å². The Balaban J connectivity index is 1.48. The highest BCUT2D eigenvalue weighted by Gasteiger charge is 2.19. The van der Waals surface area contributed by atoms with E-state index >= 15 is 0 Å². The lowest BCUT2D eigenvalue weighted by Gasteiger charge is -2.05. The number of hydrogen-bond donors (Lipinski definition) is 1. The predicted octanol–water partition coefficient (Wildman–Crippen LogP) is 4.23. The van der Waals surface area contributed by atoms with E-state index in [-0.39, 0.29) is 11.5 Å². The predicted molar refractivity (Wildman–Crippen MR) is 106 cm³/mol. The summed E-state index contributed by atoms with van der Waals surface area (Å²) in [6, 6.07) is 10.3. The van der Waals surface area contributed by atoms with Gasteiger partial charge in [0.05, 0.1) is 0 Å². The average Bonchev–Trinajstić information content (AvgIpc) is 3.39. The van der Waals surface area contributed by atoms with Gasteiger partial charge in [-0.1, -0.05) is 31.2 Å². The van der Waals surface area contributed by atoms with Crippen LogP contribution in [0.2, 0.25) is 0 Å². The number of ether oxygens (including phenoxy) is 1. The molecule has 0 amide bonds. The molecule has 0 saturated heterocycles. The first-order valence-electron chi connectivity index (χ1n) is 9.29. The van der Waals surface area contributed by atoms with Gasteiger partial charge in [-0.15, -0.1) is 0 Å². The van der Waals surface area contributed by atoms with E-state index < -0.39 is 29.9 Å². The van der Waals surface area contributed by atoms with Crippen LogP contribution >= 0.6 is 0 Å². The van der Waals surface area contributed by atoms with Gasteiger partial charge in [0, 0.05) is 28.9 Å². The molecule has 0 unspecified atom stereocenters. The van der Waals surface area contributed by atoms with Crippen molar-refractivity contribution in [1.29, 1.82) is 0 Å². The van der Waals surface area contributed by atoms with Gasteiger partial charge < -0.3 is 9.72 Å². The summed E-state index contributed by atoms with van der Waals surface area (Å²) >= 11 is 0. The summed E-state index contributed by atoms with van der Waals surface area (Å²) in [6.07, 6.45) is 3.65. The number of Topliss-reactive ketones (excluding diaryl/α,β-unsaturated/α-hetero) is 1. The summed E-state index contributed by atoms with van der Waals surface area (Å²) in [7, 11) is 0. The zero-order chi connectivity index (χ0) is 21.3. The highest BCUT2D eigenvalue weighted by atomic mass is 19.1. The Morgan fingerprint density at radius 3 is 2.57 bits per heavy atom. The highest BCUT2D eigenvalue weighted by Crippen LogP contribution is 2.23. The SMILES string of the molecule is CCc1cccc2c(C(=O)COC(=O)c3ccn(-c4c(F)cccc4F)n3)c[nH]c12. The number of para-hydroxylation sites is 2. The number of nitrogens with zero attached hydrogens (tertiary/aromatic N) is 2. The zero-order valence-electron chi connectivity index (χ0n) is 16.0. The number of hydrogen-bond acceptors (Lipinski definition) is 4. The Morgan fingerprint density at radius 1 is 1.10 bits per heavy atom. The van der Waals surface area contributed by atoms with Crippen LogP contribution in [0.3, 0.4) is 0 Å². The van der Waals surface area contributed by atoms with Crippen LogP contribution in [-0.4, -0.2) is 33.1 Å². The van der Waals surface area contributed by atoms with E-state index in [9.17, 15) is 18.4 Å². The summed E-state index contributed by atoms with van der Waals surface area (Å²) in [5, 5.41) is 4.62. The van der Waals surface area contributed by atoms with E-state index in [0.29, 0.717) is 5.56 Å². The number of H-pyrrole nitrogens is 1. The minimum Gasteiger partial charge on any atom is -0.453 e. The van der Waals surface area contributed by atoms with Gasteiger partial charge >= 0.3 is 5.97 Å². The number of benzene rings is 2. The van der Waals surface area contributed by atoms with Gasteiger partial charge in [0.1, 0.15) is 5.69 Å². The molecule has 8 heteroatoms. The van der Waals surface area contributed by atoms with E-state index in [1.165, 1.54) is 18.3 Å². The Labute approximate surface area is 170 Å². The van der Waals surface area contributed by atoms with Crippen molar-refractivity contribution in [1.82, 2.24) is 14.8 Å². The topological polar surface area (TPSA) is 77.0 Å². The smallest absolute Gasteiger partial charge is 0.359 e. The maximum Gasteiger partial charge on any atom is 0.359 e. The number of halogens is 2. The van der Waals surface area contributed by atoms with Crippen LogP contribution in [0.15, 0.2) is 54.9 Å². The largest absolute Gasteiger partial charge is 0.453 e. The second kappa shape index (κ2) is 7.90. The standard InChI is InChI=1S/C22H17F2N3O3/c1-2-13-5-3-6-14-15(11-25-20(13)14)19(28)12-30-22(29)18-9-10-27(26-18)21-16(23)7-4-8-17(21)24/h3-11,25H,2,12H2,1H3. The molecule has 0 aliphatic carbocycles. The molecule has 152 valence electrons. The van der Waals surface area contributed by atoms with Gasteiger partial charge in [-0.25, -0.2) is 18.3 Å². The fraction of sp³-hybridized carbons (Fsp3) is 0.136. The Bertz CT molecular complexity index is 1240. The molecule has 0 saturated carbocycles. The van der Waals surface area contributed by atoms with Crippen molar-refractivity contribution in [2.75, 3.05) is 6.61 Å². The van der Waals surface area contributed by atoms with Crippen LogP contribution in [-0.2, 0) is 11.2 Å². The van der Waals surface area contributed by atoms with Crippen molar-refractivity contribution in [3.63, 3.8) is 0 Å². The summed E-state index contributed by atoms with van der Waals surface area (Å²) in [5.74, 6) is -2.88. The summed E-state index contributed by atoms with van der Waals surface area (Å²) in [5.41, 5.74) is 1.80. The van der Waals surface area contributed by atoms with Crippen LogP contribution in [0.25, 0.3) is 16.6 Å². The van der Waals surface area contributed by atoms with E-state index in [2.05, 4.69) is 10.1 Å². The Kier molecular flexibility index (Phi) is 5.14. The molecule has 4 aromatic rings. The molecule has 0 spiro atoms. The Hall–Kier alpha value is -3.81. The van der Waals surface area contributed by atoms with Gasteiger partial charge in [-0.05, 0) is 30.2 Å². The van der Waals surface area contributed by atoms with Gasteiger partial charge in [-0.3, -0.25) is 4.79 Å². The molecule has 0 bridgehead atoms. The lowest BCUT2D eigenvalue weighted by Crippen LogP contribution is -2.15. The van der Waals surface area contributed by atoms with Crippen LogP contribution in [0.4, 0.5) is 8.78 Å². The molecule has 0 aliphatic rings. The average molecular weight is 409 g/mol. The van der Waals surface area contributed by atoms with Crippen molar-refractivity contribution in [3.8, 4) is 5.69 Å². The molecule has 0 atom stereocenters. The lowest BCUT2D eigenvalue weighted by atomic mass is 10.1. The number of fused-ring (bicyclic) bond motifs is 1. The first-order chi connectivity index (χ1) is 14.5. The van der Waals surface area contributed by atoms with Gasteiger partial charge in [-0.2, -0.15) is 5.10 Å². The van der Waals surface area contributed by atoms with Crippen LogP contribution in [0, 0.1) is 11.6 Å². The molecule has 4 rings (SSSR count). The summed E-state index contributed by atoms with van der Waals surface area (Å²) in [6.45, 7) is 1.54. The van der Waals surface area contributed by atoms with Crippen molar-refractivity contribution >= 4 is 22.7 Å². The first-order valence-corrected chi connectivity index (χ1v) is 9.29. The van der Waals surface area contributed by atoms with Crippen LogP contribution in [0.5, 0.6) is 0 Å². The van der Waals surface area contributed by atoms with Gasteiger partial charge in [0.25, 0.3) is 0 Å². The fourth-order valence-corrected chi connectivity index (χ4v) is 3.29. The fourth-order valence-electron chi connectivity index (χ4n) is 3.29. The number of aromatic amines is 1. The second-order valence-corrected chi connectivity index (χ2v) is 6.61. The summed E-state index contributed by atoms with van der Waals surface area (Å²) in [4.78, 5) is 27.9. The number of ketones is 1. The van der Waals surface area contributed by atoms with Crippen molar-refractivity contribution in [3.05, 3.63) is 83.3 Å². The van der Waals surface area contributed by atoms with Gasteiger partial charge in [0.2, 0.25) is 5.78 Å². The van der Waals surface area contributed by atoms with Crippen molar-refractivity contribution in [2.24, 2.45) is 0 Å². The van der Waals surface area contributed by atoms with E-state index in [1.54, 1.807) is 6.20 Å². The maximum absolute atomic E-state index is 13.9. The minimum atomic E-state index is -0.868. The molecule has 2 aromatic carbocycles. The monoisotopic (exact) mass is 409 g/mol. The van der Waals surface area contributed by atoms with E-state index in [1.807, 2.05) is 25.1 Å². The number of aromatic nitrogens is 3. The molecule has 0 fully saturated rings. The number of aryl methyl sites for hydroxylation is 1. The number of rotatable bonds is 6. The maximum atomic E-state index is 13.9. The highest BCUT2D eigenvalue weighted by molar-refractivity contribution is 6.09. The molecule has 1 N–H and O–H groups in total. The molecule has 0 radical (unpaired) electrons. The van der Waals surface area contributed by atoms with Crippen LogP contribution in [0.1, 0.15) is 33.3 Å². The number of carbonyl (C=O) groups excluding carboxylic acids is 2. The molecular weight excluding hydrogens is 392 g/mol. The number of carbonyl (C=O) groups is 2. The van der Waals surface area contributed by atoms with E-state index in [4.69, 9.17) is 4.74 Å². The summed E-state index contributed by atoms with van der Waals surface area (Å²) < 4.78 is 33.7. The zero-order valence-corrected chi connectivity index (χ0v) is 16.0. The van der Waals surface area contributed by atoms with E-state index in [0.717, 1.165) is 39.7 Å². The molecule has 30 heavy (non-hydrogen) atoms. The second-order valence-electron chi connectivity index (χ2n) is 6.61. The third-order valence-corrected chi connectivity index (χ3v) is 4.78. The van der Waals surface area contributed by atoms with Gasteiger partial charge in [0.15, 0.2) is 23.9 Å². The molecule has 0 aliphatic heterocycles. The molecular formula is C22H17F2N3O3. The first kappa shape index (κ1) is 19.5. The molecule has 2 aromatic heterocycles. The third-order valence-electron chi connectivity index (χ3n) is 4.78. The normalized spacial score (nSPS) is 11.0. The van der Waals surface area contributed by atoms with Crippen LogP contribution < -0.4 is 0 Å². The lowest BCUT2D eigenvalue weighted by molar-refractivity contribution is 0.0469. The quantitative estimate of drug-likeness (QED) is 0.382. The number of nitrogens with one attached hydrogen (secondary N) is 1.